The summed E-state index contributed by atoms with van der Waals surface area (Å²) >= 11 is 0. The average Bonchev–Trinajstić information content (AvgIpc) is 3.47. The Balaban J connectivity index is 1.24. The van der Waals surface area contributed by atoms with Crippen molar-refractivity contribution in [3.8, 4) is 11.1 Å². The second-order valence-corrected chi connectivity index (χ2v) is 10.8. The van der Waals surface area contributed by atoms with Crippen LogP contribution >= 0.6 is 0 Å². The Morgan fingerprint density at radius 3 is 2.50 bits per heavy atom. The third-order valence-corrected chi connectivity index (χ3v) is 7.65. The van der Waals surface area contributed by atoms with E-state index in [0.717, 1.165) is 33.7 Å². The molecule has 11 nitrogen and oxygen atoms in total. The first-order valence-electron chi connectivity index (χ1n) is 14.2. The molecule has 2 atom stereocenters. The van der Waals surface area contributed by atoms with E-state index in [1.807, 2.05) is 61.8 Å². The Morgan fingerprint density at radius 1 is 0.976 bits per heavy atom. The zero-order chi connectivity index (χ0) is 29.2. The molecule has 2 fully saturated rings. The molecule has 6 rings (SSSR count). The predicted molar refractivity (Wildman–Crippen MR) is 160 cm³/mol. The summed E-state index contributed by atoms with van der Waals surface area (Å²) in [4.78, 5) is 38.6. The van der Waals surface area contributed by atoms with Crippen molar-refractivity contribution in [1.82, 2.24) is 24.2 Å². The summed E-state index contributed by atoms with van der Waals surface area (Å²) in [6.45, 7) is 9.34. The number of aromatic nitrogens is 3. The highest BCUT2D eigenvalue weighted by Crippen LogP contribution is 2.33. The van der Waals surface area contributed by atoms with E-state index in [1.54, 1.807) is 34.3 Å². The predicted octanol–water partition coefficient (Wildman–Crippen LogP) is 4.56. The zero-order valence-corrected chi connectivity index (χ0v) is 24.0. The molecule has 1 aromatic carbocycles. The van der Waals surface area contributed by atoms with Crippen LogP contribution in [0.4, 0.5) is 22.0 Å². The zero-order valence-electron chi connectivity index (χ0n) is 24.0. The van der Waals surface area contributed by atoms with E-state index in [4.69, 9.17) is 9.47 Å². The minimum absolute atomic E-state index is 0.00397. The highest BCUT2D eigenvalue weighted by atomic mass is 16.5. The average molecular weight is 570 g/mol. The number of urea groups is 1. The first-order chi connectivity index (χ1) is 20.4. The number of fused-ring (bicyclic) bond motifs is 1. The van der Waals surface area contributed by atoms with E-state index in [0.29, 0.717) is 50.8 Å². The normalized spacial score (nSPS) is 19.1. The van der Waals surface area contributed by atoms with E-state index >= 15 is 0 Å². The highest BCUT2D eigenvalue weighted by molar-refractivity contribution is 5.94. The number of hydrogen-bond acceptors (Lipinski definition) is 7. The van der Waals surface area contributed by atoms with E-state index in [2.05, 4.69) is 20.6 Å². The smallest absolute Gasteiger partial charge is 0.322 e. The number of hydrogen-bond donors (Lipinski definition) is 2. The molecule has 0 spiro atoms. The van der Waals surface area contributed by atoms with Crippen molar-refractivity contribution in [2.75, 3.05) is 50.0 Å². The third kappa shape index (κ3) is 5.79. The molecule has 2 aliphatic rings. The summed E-state index contributed by atoms with van der Waals surface area (Å²) in [5.41, 5.74) is 5.69. The lowest BCUT2D eigenvalue weighted by atomic mass is 10.00. The molecule has 2 aliphatic heterocycles. The quantitative estimate of drug-likeness (QED) is 0.362. The van der Waals surface area contributed by atoms with Crippen LogP contribution in [0, 0.1) is 6.92 Å². The molecule has 2 saturated heterocycles. The number of carbonyl (C=O) groups is 2. The molecule has 0 radical (unpaired) electrons. The number of rotatable bonds is 5. The van der Waals surface area contributed by atoms with Crippen LogP contribution in [0.1, 0.15) is 29.8 Å². The summed E-state index contributed by atoms with van der Waals surface area (Å²) in [6, 6.07) is 11.4. The van der Waals surface area contributed by atoms with Crippen LogP contribution in [0.5, 0.6) is 0 Å². The molecule has 11 heteroatoms. The van der Waals surface area contributed by atoms with Crippen LogP contribution in [0.3, 0.4) is 0 Å². The van der Waals surface area contributed by atoms with Crippen LogP contribution in [0.25, 0.3) is 16.8 Å². The molecule has 2 N–H and O–H groups in total. The van der Waals surface area contributed by atoms with Crippen molar-refractivity contribution in [2.45, 2.75) is 33.0 Å². The fourth-order valence-corrected chi connectivity index (χ4v) is 5.58. The van der Waals surface area contributed by atoms with Crippen LogP contribution in [0.15, 0.2) is 61.2 Å². The summed E-state index contributed by atoms with van der Waals surface area (Å²) in [5.74, 6) is 0.553. The maximum atomic E-state index is 13.1. The van der Waals surface area contributed by atoms with E-state index < -0.39 is 0 Å². The third-order valence-electron chi connectivity index (χ3n) is 7.65. The molecule has 4 aromatic rings. The van der Waals surface area contributed by atoms with Crippen LogP contribution in [0.2, 0.25) is 0 Å². The van der Waals surface area contributed by atoms with Gasteiger partial charge in [-0.3, -0.25) is 4.79 Å². The lowest BCUT2D eigenvalue weighted by molar-refractivity contribution is -0.0530. The van der Waals surface area contributed by atoms with Gasteiger partial charge in [0.05, 0.1) is 36.7 Å². The van der Waals surface area contributed by atoms with E-state index in [-0.39, 0.29) is 24.1 Å². The monoisotopic (exact) mass is 569 g/mol. The molecule has 0 bridgehead atoms. The molecule has 3 aromatic heterocycles. The Kier molecular flexibility index (Phi) is 7.77. The van der Waals surface area contributed by atoms with Crippen molar-refractivity contribution in [2.24, 2.45) is 0 Å². The first kappa shape index (κ1) is 27.7. The largest absolute Gasteiger partial charge is 0.378 e. The Labute approximate surface area is 244 Å². The lowest BCUT2D eigenvalue weighted by Gasteiger charge is -2.35. The van der Waals surface area contributed by atoms with Crippen LogP contribution in [-0.4, -0.2) is 87.7 Å². The molecular weight excluding hydrogens is 534 g/mol. The lowest BCUT2D eigenvalue weighted by Crippen LogP contribution is -2.49. The first-order valence-corrected chi connectivity index (χ1v) is 14.2. The molecule has 2 unspecified atom stereocenters. The highest BCUT2D eigenvalue weighted by Gasteiger charge is 2.26. The maximum Gasteiger partial charge on any atom is 0.322 e. The number of benzene rings is 1. The van der Waals surface area contributed by atoms with Crippen LogP contribution < -0.4 is 10.6 Å². The van der Waals surface area contributed by atoms with Gasteiger partial charge in [-0.2, -0.15) is 0 Å². The van der Waals surface area contributed by atoms with Gasteiger partial charge in [0.2, 0.25) is 0 Å². The van der Waals surface area contributed by atoms with Crippen molar-refractivity contribution >= 4 is 34.8 Å². The molecule has 0 saturated carbocycles. The van der Waals surface area contributed by atoms with Crippen molar-refractivity contribution < 1.29 is 19.1 Å². The van der Waals surface area contributed by atoms with Gasteiger partial charge in [0.1, 0.15) is 5.82 Å². The second kappa shape index (κ2) is 11.8. The summed E-state index contributed by atoms with van der Waals surface area (Å²) < 4.78 is 13.1. The van der Waals surface area contributed by atoms with Crippen molar-refractivity contribution in [3.05, 3.63) is 72.3 Å². The molecule has 42 heavy (non-hydrogen) atoms. The Morgan fingerprint density at radius 2 is 1.76 bits per heavy atom. The summed E-state index contributed by atoms with van der Waals surface area (Å²) in [7, 11) is 0. The fourth-order valence-electron chi connectivity index (χ4n) is 5.58. The maximum absolute atomic E-state index is 13.1. The molecule has 3 amide bonds. The number of nitrogens with zero attached hydrogens (tertiary/aromatic N) is 5. The van der Waals surface area contributed by atoms with Crippen LogP contribution in [-0.2, 0) is 9.47 Å². The van der Waals surface area contributed by atoms with Crippen molar-refractivity contribution in [3.63, 3.8) is 0 Å². The van der Waals surface area contributed by atoms with Gasteiger partial charge in [-0.1, -0.05) is 12.1 Å². The van der Waals surface area contributed by atoms with Gasteiger partial charge in [-0.05, 0) is 56.2 Å². The number of anilines is 3. The van der Waals surface area contributed by atoms with Gasteiger partial charge in [-0.15, -0.1) is 0 Å². The summed E-state index contributed by atoms with van der Waals surface area (Å²) in [5, 5.41) is 6.48. The SMILES string of the molecule is Cc1c(NC(=O)N2CC(C)OC(C)C2)cccc1-c1cc(Nc2ccc(C(=O)N3CCOCC3)cn2)c2nccn2c1. The topological polar surface area (TPSA) is 113 Å². The number of ether oxygens (including phenoxy) is 2. The number of carbonyl (C=O) groups excluding carboxylic acids is 2. The molecule has 218 valence electrons. The number of nitrogens with one attached hydrogen (secondary N) is 2. The minimum atomic E-state index is -0.133. The number of morpholine rings is 2. The summed E-state index contributed by atoms with van der Waals surface area (Å²) in [6.07, 6.45) is 7.24. The number of pyridine rings is 2. The minimum Gasteiger partial charge on any atom is -0.378 e. The van der Waals surface area contributed by atoms with E-state index in [9.17, 15) is 9.59 Å². The standard InChI is InChI=1S/C31H35N7O4/c1-20-17-38(18-21(2)42-20)31(40)35-26-6-4-5-25(22(26)3)24-15-27(29-32-9-10-37(29)19-24)34-28-8-7-23(16-33-28)30(39)36-11-13-41-14-12-36/h4-10,15-16,19-21H,11-14,17-18H2,1-3H3,(H,33,34)(H,35,40). The Bertz CT molecular complexity index is 1590. The molecule has 5 heterocycles. The van der Waals surface area contributed by atoms with Gasteiger partial charge in [-0.25, -0.2) is 14.8 Å². The molecule has 0 aliphatic carbocycles. The van der Waals surface area contributed by atoms with Gasteiger partial charge >= 0.3 is 6.03 Å². The molecular formula is C31H35N7O4. The van der Waals surface area contributed by atoms with Crippen molar-refractivity contribution in [1.29, 1.82) is 0 Å². The number of imidazole rings is 1. The Hall–Kier alpha value is -4.48. The van der Waals surface area contributed by atoms with E-state index in [1.165, 1.54) is 0 Å². The number of amides is 3. The van der Waals surface area contributed by atoms with Gasteiger partial charge in [0.25, 0.3) is 5.91 Å². The van der Waals surface area contributed by atoms with Gasteiger partial charge in [0, 0.05) is 62.2 Å². The van der Waals surface area contributed by atoms with Gasteiger partial charge in [0.15, 0.2) is 5.65 Å². The second-order valence-electron chi connectivity index (χ2n) is 10.8. The van der Waals surface area contributed by atoms with Gasteiger partial charge < -0.3 is 34.3 Å². The fraction of sp³-hybridized carbons (Fsp3) is 0.355.